The highest BCUT2D eigenvalue weighted by Crippen LogP contribution is 2.21. The third-order valence-corrected chi connectivity index (χ3v) is 6.48. The van der Waals surface area contributed by atoms with E-state index < -0.39 is 16.2 Å². The zero-order chi connectivity index (χ0) is 17.3. The van der Waals surface area contributed by atoms with E-state index in [4.69, 9.17) is 0 Å². The zero-order valence-corrected chi connectivity index (χ0v) is 14.4. The molecule has 8 heteroatoms. The van der Waals surface area contributed by atoms with E-state index >= 15 is 0 Å². The second-order valence-electron chi connectivity index (χ2n) is 6.44. The van der Waals surface area contributed by atoms with Gasteiger partial charge in [0.25, 0.3) is 0 Å². The van der Waals surface area contributed by atoms with E-state index in [1.54, 1.807) is 24.3 Å². The number of benzene rings is 1. The number of hydrogen-bond acceptors (Lipinski definition) is 3. The fourth-order valence-electron chi connectivity index (χ4n) is 2.96. The maximum Gasteiger partial charge on any atom is 0.317 e. The van der Waals surface area contributed by atoms with Crippen molar-refractivity contribution in [1.29, 1.82) is 0 Å². The highest BCUT2D eigenvalue weighted by atomic mass is 32.2. The highest BCUT2D eigenvalue weighted by Gasteiger charge is 2.33. The number of rotatable bonds is 3. The number of carbonyl (C=O) groups is 1. The van der Waals surface area contributed by atoms with E-state index in [2.05, 4.69) is 5.32 Å². The van der Waals surface area contributed by atoms with Crippen molar-refractivity contribution in [2.24, 2.45) is 0 Å². The number of nitrogens with one attached hydrogen (secondary N) is 1. The van der Waals surface area contributed by atoms with Crippen molar-refractivity contribution in [3.8, 4) is 0 Å². The lowest BCUT2D eigenvalue weighted by atomic mass is 10.1. The van der Waals surface area contributed by atoms with Crippen molar-refractivity contribution in [2.45, 2.75) is 36.9 Å². The van der Waals surface area contributed by atoms with Crippen LogP contribution in [0.3, 0.4) is 0 Å². The van der Waals surface area contributed by atoms with Crippen LogP contribution in [0, 0.1) is 6.92 Å². The molecule has 1 aromatic carbocycles. The monoisotopic (exact) mass is 355 g/mol. The van der Waals surface area contributed by atoms with Gasteiger partial charge in [0.2, 0.25) is 10.0 Å². The fraction of sp³-hybridized carbons (Fsp3) is 0.562. The minimum absolute atomic E-state index is 0.0689. The van der Waals surface area contributed by atoms with Crippen LogP contribution in [0.5, 0.6) is 0 Å². The lowest BCUT2D eigenvalue weighted by Gasteiger charge is -2.37. The van der Waals surface area contributed by atoms with Crippen LogP contribution in [0.25, 0.3) is 0 Å². The van der Waals surface area contributed by atoms with Gasteiger partial charge in [0.1, 0.15) is 6.17 Å². The fourth-order valence-corrected chi connectivity index (χ4v) is 4.43. The Morgan fingerprint density at radius 1 is 1.17 bits per heavy atom. The third kappa shape index (κ3) is 3.54. The highest BCUT2D eigenvalue weighted by molar-refractivity contribution is 7.89. The van der Waals surface area contributed by atoms with Gasteiger partial charge in [-0.15, -0.1) is 0 Å². The Bertz CT molecular complexity index is 694. The molecule has 2 heterocycles. The molecule has 3 rings (SSSR count). The number of likely N-dealkylation sites (tertiary alicyclic amines) is 1. The van der Waals surface area contributed by atoms with Crippen LogP contribution < -0.4 is 5.32 Å². The molecule has 0 radical (unpaired) electrons. The van der Waals surface area contributed by atoms with E-state index in [0.29, 0.717) is 30.8 Å². The predicted octanol–water partition coefficient (Wildman–Crippen LogP) is 1.51. The Balaban J connectivity index is 1.54. The van der Waals surface area contributed by atoms with E-state index in [-0.39, 0.29) is 25.2 Å². The number of sulfonamides is 1. The van der Waals surface area contributed by atoms with Gasteiger partial charge in [0.15, 0.2) is 0 Å². The largest absolute Gasteiger partial charge is 0.335 e. The second-order valence-corrected chi connectivity index (χ2v) is 8.38. The molecule has 0 spiro atoms. The molecule has 6 nitrogen and oxygen atoms in total. The molecule has 0 unspecified atom stereocenters. The summed E-state index contributed by atoms with van der Waals surface area (Å²) in [5.41, 5.74) is 1.01. The molecular formula is C16H22FN3O3S. The number of alkyl halides is 1. The number of halogens is 1. The summed E-state index contributed by atoms with van der Waals surface area (Å²) in [7, 11) is -3.49. The maximum atomic E-state index is 12.8. The van der Waals surface area contributed by atoms with E-state index in [1.807, 2.05) is 6.92 Å². The van der Waals surface area contributed by atoms with Gasteiger partial charge in [0.05, 0.1) is 18.0 Å². The number of amides is 2. The normalized spacial score (nSPS) is 20.7. The average molecular weight is 355 g/mol. The molecule has 0 aliphatic carbocycles. The van der Waals surface area contributed by atoms with Crippen LogP contribution in [-0.4, -0.2) is 62.0 Å². The number of urea groups is 1. The molecule has 24 heavy (non-hydrogen) atoms. The molecule has 2 saturated heterocycles. The first-order valence-electron chi connectivity index (χ1n) is 8.12. The molecule has 2 aliphatic rings. The van der Waals surface area contributed by atoms with Crippen LogP contribution in [-0.2, 0) is 10.0 Å². The lowest BCUT2D eigenvalue weighted by molar-refractivity contribution is 0.0867. The second kappa shape index (κ2) is 6.68. The Morgan fingerprint density at radius 2 is 1.75 bits per heavy atom. The van der Waals surface area contributed by atoms with Gasteiger partial charge in [0, 0.05) is 19.1 Å². The summed E-state index contributed by atoms with van der Waals surface area (Å²) < 4.78 is 39.5. The first-order chi connectivity index (χ1) is 11.4. The Kier molecular flexibility index (Phi) is 4.78. The minimum atomic E-state index is -3.49. The molecule has 1 N–H and O–H groups in total. The van der Waals surface area contributed by atoms with Crippen LogP contribution in [0.1, 0.15) is 18.4 Å². The van der Waals surface area contributed by atoms with Crippen LogP contribution in [0.2, 0.25) is 0 Å². The smallest absolute Gasteiger partial charge is 0.317 e. The number of hydrogen-bond donors (Lipinski definition) is 1. The summed E-state index contributed by atoms with van der Waals surface area (Å²) >= 11 is 0. The lowest BCUT2D eigenvalue weighted by Crippen LogP contribution is -2.57. The Hall–Kier alpha value is -1.67. The Morgan fingerprint density at radius 3 is 2.29 bits per heavy atom. The summed E-state index contributed by atoms with van der Waals surface area (Å²) in [6.45, 7) is 2.94. The first kappa shape index (κ1) is 17.2. The van der Waals surface area contributed by atoms with Gasteiger partial charge in [-0.1, -0.05) is 17.7 Å². The molecule has 1 aromatic rings. The van der Waals surface area contributed by atoms with Gasteiger partial charge in [-0.2, -0.15) is 4.31 Å². The standard InChI is InChI=1S/C16H22FN3O3S/c1-12-2-4-15(5-3-12)24(22,23)20-8-6-14(7-9-20)18-16(21)19-10-13(17)11-19/h2-5,13-14H,6-11H2,1H3,(H,18,21). The summed E-state index contributed by atoms with van der Waals surface area (Å²) in [5, 5.41) is 2.86. The summed E-state index contributed by atoms with van der Waals surface area (Å²) in [6, 6.07) is 6.48. The summed E-state index contributed by atoms with van der Waals surface area (Å²) in [5.74, 6) is 0. The average Bonchev–Trinajstić information content (AvgIpc) is 2.53. The van der Waals surface area contributed by atoms with Gasteiger partial charge in [-0.25, -0.2) is 17.6 Å². The SMILES string of the molecule is Cc1ccc(S(=O)(=O)N2CCC(NC(=O)N3CC(F)C3)CC2)cc1. The minimum Gasteiger partial charge on any atom is -0.335 e. The van der Waals surface area contributed by atoms with E-state index in [1.165, 1.54) is 9.21 Å². The van der Waals surface area contributed by atoms with Crippen LogP contribution in [0.15, 0.2) is 29.2 Å². The molecule has 2 fully saturated rings. The molecular weight excluding hydrogens is 333 g/mol. The quantitative estimate of drug-likeness (QED) is 0.894. The molecule has 0 aromatic heterocycles. The topological polar surface area (TPSA) is 69.7 Å². The number of carbonyl (C=O) groups excluding carboxylic acids is 1. The van der Waals surface area contributed by atoms with Crippen molar-refractivity contribution in [2.75, 3.05) is 26.2 Å². The number of piperidine rings is 1. The predicted molar refractivity (Wildman–Crippen MR) is 88.0 cm³/mol. The first-order valence-corrected chi connectivity index (χ1v) is 9.56. The molecule has 0 bridgehead atoms. The van der Waals surface area contributed by atoms with Crippen LogP contribution in [0.4, 0.5) is 9.18 Å². The van der Waals surface area contributed by atoms with E-state index in [9.17, 15) is 17.6 Å². The summed E-state index contributed by atoms with van der Waals surface area (Å²) in [6.07, 6.45) is 0.199. The van der Waals surface area contributed by atoms with Gasteiger partial charge < -0.3 is 10.2 Å². The van der Waals surface area contributed by atoms with Gasteiger partial charge >= 0.3 is 6.03 Å². The van der Waals surface area contributed by atoms with Gasteiger partial charge in [-0.05, 0) is 31.9 Å². The summed E-state index contributed by atoms with van der Waals surface area (Å²) in [4.78, 5) is 13.6. The molecule has 2 aliphatic heterocycles. The van der Waals surface area contributed by atoms with Crippen molar-refractivity contribution in [3.63, 3.8) is 0 Å². The van der Waals surface area contributed by atoms with E-state index in [0.717, 1.165) is 5.56 Å². The van der Waals surface area contributed by atoms with Crippen molar-refractivity contribution < 1.29 is 17.6 Å². The zero-order valence-electron chi connectivity index (χ0n) is 13.6. The Labute approximate surface area is 141 Å². The van der Waals surface area contributed by atoms with Gasteiger partial charge in [-0.3, -0.25) is 0 Å². The van der Waals surface area contributed by atoms with Crippen molar-refractivity contribution in [1.82, 2.24) is 14.5 Å². The molecule has 2 amide bonds. The number of aryl methyl sites for hydroxylation is 1. The van der Waals surface area contributed by atoms with Crippen molar-refractivity contribution >= 4 is 16.1 Å². The molecule has 0 saturated carbocycles. The maximum absolute atomic E-state index is 12.8. The third-order valence-electron chi connectivity index (χ3n) is 4.56. The molecule has 132 valence electrons. The van der Waals surface area contributed by atoms with Crippen molar-refractivity contribution in [3.05, 3.63) is 29.8 Å². The number of nitrogens with zero attached hydrogens (tertiary/aromatic N) is 2. The van der Waals surface area contributed by atoms with Crippen LogP contribution >= 0.6 is 0 Å². The molecule has 0 atom stereocenters.